The lowest BCUT2D eigenvalue weighted by molar-refractivity contribution is 0.101. The molecule has 3 aromatic carbocycles. The molecular weight excluding hydrogens is 442 g/mol. The van der Waals surface area contributed by atoms with E-state index in [2.05, 4.69) is 15.4 Å². The summed E-state index contributed by atoms with van der Waals surface area (Å²) in [6.45, 7) is 2.15. The first-order valence-electron chi connectivity index (χ1n) is 10.2. The van der Waals surface area contributed by atoms with E-state index in [1.807, 2.05) is 18.2 Å². The van der Waals surface area contributed by atoms with E-state index in [-0.39, 0.29) is 29.5 Å². The first-order chi connectivity index (χ1) is 15.8. The largest absolute Gasteiger partial charge is 0.383 e. The van der Waals surface area contributed by atoms with Gasteiger partial charge in [0.25, 0.3) is 11.8 Å². The Morgan fingerprint density at radius 3 is 2.21 bits per heavy atom. The van der Waals surface area contributed by atoms with Crippen LogP contribution in [0.15, 0.2) is 77.7 Å². The van der Waals surface area contributed by atoms with Crippen LogP contribution in [0.3, 0.4) is 0 Å². The highest BCUT2D eigenvalue weighted by molar-refractivity contribution is 7.89. The van der Waals surface area contributed by atoms with Crippen LogP contribution < -0.4 is 15.4 Å². The van der Waals surface area contributed by atoms with Crippen molar-refractivity contribution in [2.24, 2.45) is 0 Å². The van der Waals surface area contributed by atoms with Crippen molar-refractivity contribution in [2.45, 2.75) is 11.8 Å². The summed E-state index contributed by atoms with van der Waals surface area (Å²) in [6.07, 6.45) is 0. The highest BCUT2D eigenvalue weighted by Gasteiger charge is 2.16. The monoisotopic (exact) mass is 467 g/mol. The number of ether oxygens (including phenoxy) is 1. The average molecular weight is 468 g/mol. The molecular formula is C24H25N3O5S. The van der Waals surface area contributed by atoms with Crippen LogP contribution >= 0.6 is 0 Å². The minimum Gasteiger partial charge on any atom is -0.383 e. The zero-order chi connectivity index (χ0) is 23.8. The summed E-state index contributed by atoms with van der Waals surface area (Å²) in [5.74, 6) is -0.708. The molecule has 3 rings (SSSR count). The molecule has 0 aliphatic rings. The van der Waals surface area contributed by atoms with Gasteiger partial charge >= 0.3 is 0 Å². The quantitative estimate of drug-likeness (QED) is 0.417. The molecule has 3 aromatic rings. The molecule has 33 heavy (non-hydrogen) atoms. The van der Waals surface area contributed by atoms with Crippen molar-refractivity contribution in [1.82, 2.24) is 4.72 Å². The number of nitrogens with one attached hydrogen (secondary N) is 3. The molecule has 3 N–H and O–H groups in total. The summed E-state index contributed by atoms with van der Waals surface area (Å²) in [4.78, 5) is 25.4. The van der Waals surface area contributed by atoms with Crippen molar-refractivity contribution in [3.05, 3.63) is 89.5 Å². The summed E-state index contributed by atoms with van der Waals surface area (Å²) in [7, 11) is -2.21. The minimum absolute atomic E-state index is 0.0471. The van der Waals surface area contributed by atoms with Gasteiger partial charge in [0, 0.05) is 36.2 Å². The molecule has 0 bridgehead atoms. The zero-order valence-electron chi connectivity index (χ0n) is 18.3. The van der Waals surface area contributed by atoms with Gasteiger partial charge in [0.15, 0.2) is 0 Å². The number of amides is 2. The molecule has 9 heteroatoms. The fourth-order valence-corrected chi connectivity index (χ4v) is 4.09. The van der Waals surface area contributed by atoms with Gasteiger partial charge in [-0.15, -0.1) is 0 Å². The summed E-state index contributed by atoms with van der Waals surface area (Å²) < 4.78 is 31.8. The average Bonchev–Trinajstić information content (AvgIpc) is 2.81. The summed E-state index contributed by atoms with van der Waals surface area (Å²) >= 11 is 0. The van der Waals surface area contributed by atoms with E-state index in [1.54, 1.807) is 37.3 Å². The van der Waals surface area contributed by atoms with E-state index in [4.69, 9.17) is 4.74 Å². The number of sulfonamides is 1. The third-order valence-electron chi connectivity index (χ3n) is 4.88. The Labute approximate surface area is 193 Å². The number of methoxy groups -OCH3 is 1. The van der Waals surface area contributed by atoms with Gasteiger partial charge in [0.2, 0.25) is 10.0 Å². The predicted molar refractivity (Wildman–Crippen MR) is 127 cm³/mol. The van der Waals surface area contributed by atoms with Crippen molar-refractivity contribution in [2.75, 3.05) is 30.9 Å². The topological polar surface area (TPSA) is 114 Å². The molecule has 0 saturated heterocycles. The molecule has 0 aromatic heterocycles. The second kappa shape index (κ2) is 10.9. The lowest BCUT2D eigenvalue weighted by atomic mass is 10.1. The van der Waals surface area contributed by atoms with Crippen molar-refractivity contribution in [1.29, 1.82) is 0 Å². The standard InChI is InChI=1S/C24H25N3O5S/c1-17-21(24(29)26-19-7-4-3-5-8-19)9-6-10-22(17)27-23(28)18-11-13-20(14-12-18)33(30,31)25-15-16-32-2/h3-14,25H,15-16H2,1-2H3,(H,26,29)(H,27,28). The molecule has 0 heterocycles. The number of para-hydroxylation sites is 1. The van der Waals surface area contributed by atoms with Crippen LogP contribution in [-0.2, 0) is 14.8 Å². The minimum atomic E-state index is -3.69. The number of anilines is 2. The van der Waals surface area contributed by atoms with Crippen molar-refractivity contribution < 1.29 is 22.7 Å². The molecule has 172 valence electrons. The Morgan fingerprint density at radius 1 is 0.848 bits per heavy atom. The Kier molecular flexibility index (Phi) is 7.94. The number of hydrogen-bond donors (Lipinski definition) is 3. The fourth-order valence-electron chi connectivity index (χ4n) is 3.08. The van der Waals surface area contributed by atoms with Crippen LogP contribution in [0.5, 0.6) is 0 Å². The SMILES string of the molecule is COCCNS(=O)(=O)c1ccc(C(=O)Nc2cccc(C(=O)Nc3ccccc3)c2C)cc1. The number of carbonyl (C=O) groups is 2. The smallest absolute Gasteiger partial charge is 0.256 e. The van der Waals surface area contributed by atoms with Gasteiger partial charge < -0.3 is 15.4 Å². The maximum atomic E-state index is 12.7. The fraction of sp³-hybridized carbons (Fsp3) is 0.167. The van der Waals surface area contributed by atoms with Gasteiger partial charge in [-0.1, -0.05) is 24.3 Å². The van der Waals surface area contributed by atoms with E-state index < -0.39 is 15.9 Å². The van der Waals surface area contributed by atoms with Crippen molar-refractivity contribution in [3.8, 4) is 0 Å². The number of rotatable bonds is 9. The summed E-state index contributed by atoms with van der Waals surface area (Å²) in [5, 5.41) is 5.61. The van der Waals surface area contributed by atoms with Gasteiger partial charge in [-0.25, -0.2) is 13.1 Å². The van der Waals surface area contributed by atoms with Crippen LogP contribution in [-0.4, -0.2) is 40.5 Å². The molecule has 0 radical (unpaired) electrons. The number of benzene rings is 3. The summed E-state index contributed by atoms with van der Waals surface area (Å²) in [6, 6.07) is 19.7. The lowest BCUT2D eigenvalue weighted by Crippen LogP contribution is -2.27. The third kappa shape index (κ3) is 6.26. The second-order valence-corrected chi connectivity index (χ2v) is 8.93. The highest BCUT2D eigenvalue weighted by atomic mass is 32.2. The molecule has 0 saturated carbocycles. The first kappa shape index (κ1) is 24.1. The van der Waals surface area contributed by atoms with Crippen LogP contribution in [0.2, 0.25) is 0 Å². The zero-order valence-corrected chi connectivity index (χ0v) is 19.1. The van der Waals surface area contributed by atoms with E-state index in [0.717, 1.165) is 0 Å². The Balaban J connectivity index is 1.71. The molecule has 0 aliphatic heterocycles. The molecule has 8 nitrogen and oxygen atoms in total. The van der Waals surface area contributed by atoms with Crippen LogP contribution in [0.4, 0.5) is 11.4 Å². The van der Waals surface area contributed by atoms with Gasteiger partial charge in [0.1, 0.15) is 0 Å². The Morgan fingerprint density at radius 2 is 1.55 bits per heavy atom. The van der Waals surface area contributed by atoms with Gasteiger partial charge in [0.05, 0.1) is 11.5 Å². The Bertz CT molecular complexity index is 1230. The molecule has 0 unspecified atom stereocenters. The second-order valence-electron chi connectivity index (χ2n) is 7.17. The highest BCUT2D eigenvalue weighted by Crippen LogP contribution is 2.21. The number of hydrogen-bond acceptors (Lipinski definition) is 5. The van der Waals surface area contributed by atoms with Crippen LogP contribution in [0.25, 0.3) is 0 Å². The van der Waals surface area contributed by atoms with Gasteiger partial charge in [-0.3, -0.25) is 9.59 Å². The van der Waals surface area contributed by atoms with Crippen LogP contribution in [0, 0.1) is 6.92 Å². The first-order valence-corrected chi connectivity index (χ1v) is 11.7. The number of carbonyl (C=O) groups excluding carboxylic acids is 2. The molecule has 0 spiro atoms. The van der Waals surface area contributed by atoms with Gasteiger partial charge in [-0.2, -0.15) is 0 Å². The summed E-state index contributed by atoms with van der Waals surface area (Å²) in [5.41, 5.74) is 2.48. The third-order valence-corrected chi connectivity index (χ3v) is 6.36. The molecule has 0 atom stereocenters. The molecule has 2 amide bonds. The van der Waals surface area contributed by atoms with E-state index in [1.165, 1.54) is 31.4 Å². The van der Waals surface area contributed by atoms with Crippen molar-refractivity contribution in [3.63, 3.8) is 0 Å². The normalized spacial score (nSPS) is 11.1. The predicted octanol–water partition coefficient (Wildman–Crippen LogP) is 3.42. The maximum absolute atomic E-state index is 12.7. The van der Waals surface area contributed by atoms with E-state index >= 15 is 0 Å². The van der Waals surface area contributed by atoms with E-state index in [9.17, 15) is 18.0 Å². The Hall–Kier alpha value is -3.53. The van der Waals surface area contributed by atoms with Crippen LogP contribution in [0.1, 0.15) is 26.3 Å². The van der Waals surface area contributed by atoms with Gasteiger partial charge in [-0.05, 0) is 61.0 Å². The molecule has 0 aliphatic carbocycles. The van der Waals surface area contributed by atoms with E-state index in [0.29, 0.717) is 22.5 Å². The molecule has 0 fully saturated rings. The maximum Gasteiger partial charge on any atom is 0.256 e. The lowest BCUT2D eigenvalue weighted by Gasteiger charge is -2.13. The van der Waals surface area contributed by atoms with Crippen molar-refractivity contribution >= 4 is 33.2 Å².